The van der Waals surface area contributed by atoms with Crippen LogP contribution in [0.1, 0.15) is 18.4 Å². The molecule has 4 heteroatoms. The number of allylic oxidation sites excluding steroid dienone is 4. The van der Waals surface area contributed by atoms with Gasteiger partial charge in [0.2, 0.25) is 0 Å². The van der Waals surface area contributed by atoms with E-state index in [1.165, 1.54) is 32.9 Å². The quantitative estimate of drug-likeness (QED) is 0.173. The summed E-state index contributed by atoms with van der Waals surface area (Å²) in [5.74, 6) is 0. The lowest BCUT2D eigenvalue weighted by Crippen LogP contribution is -2.11. The van der Waals surface area contributed by atoms with E-state index in [-0.39, 0.29) is 0 Å². The first-order valence-electron chi connectivity index (χ1n) is 17.1. The molecule has 0 amide bonds. The summed E-state index contributed by atoms with van der Waals surface area (Å²) in [6.45, 7) is 0. The van der Waals surface area contributed by atoms with E-state index in [0.29, 0.717) is 0 Å². The van der Waals surface area contributed by atoms with Crippen LogP contribution in [-0.2, 0) is 0 Å². The molecule has 50 heavy (non-hydrogen) atoms. The van der Waals surface area contributed by atoms with Gasteiger partial charge in [0.15, 0.2) is 0 Å². The van der Waals surface area contributed by atoms with E-state index in [0.717, 1.165) is 58.1 Å². The molecule has 9 rings (SSSR count). The molecule has 0 radical (unpaired) electrons. The molecule has 0 N–H and O–H groups in total. The molecule has 0 aliphatic heterocycles. The first kappa shape index (κ1) is 29.6. The van der Waals surface area contributed by atoms with Crippen molar-refractivity contribution in [3.8, 4) is 28.2 Å². The van der Waals surface area contributed by atoms with Gasteiger partial charge >= 0.3 is 0 Å². The summed E-state index contributed by atoms with van der Waals surface area (Å²) >= 11 is 0. The largest absolute Gasteiger partial charge is 0.310 e. The highest BCUT2D eigenvalue weighted by molar-refractivity contribution is 6.14. The van der Waals surface area contributed by atoms with E-state index in [4.69, 9.17) is 0 Å². The molecule has 238 valence electrons. The van der Waals surface area contributed by atoms with E-state index in [2.05, 4.69) is 165 Å². The highest BCUT2D eigenvalue weighted by Gasteiger charge is 2.22. The summed E-state index contributed by atoms with van der Waals surface area (Å²) in [7, 11) is 0. The molecule has 0 fully saturated rings. The Hall–Kier alpha value is -6.52. The van der Waals surface area contributed by atoms with E-state index in [1.807, 2.05) is 36.7 Å². The van der Waals surface area contributed by atoms with Crippen molar-refractivity contribution in [2.45, 2.75) is 12.8 Å². The van der Waals surface area contributed by atoms with Gasteiger partial charge in [-0.05, 0) is 97.3 Å². The minimum absolute atomic E-state index is 0.957. The third kappa shape index (κ3) is 5.37. The van der Waals surface area contributed by atoms with E-state index in [1.54, 1.807) is 0 Å². The number of hydrogen-bond acceptors (Lipinski definition) is 3. The Bertz CT molecular complexity index is 2410. The number of hydrogen-bond donors (Lipinski definition) is 0. The van der Waals surface area contributed by atoms with Gasteiger partial charge in [-0.3, -0.25) is 9.97 Å². The summed E-state index contributed by atoms with van der Waals surface area (Å²) in [4.78, 5) is 11.6. The predicted octanol–water partition coefficient (Wildman–Crippen LogP) is 12.1. The van der Waals surface area contributed by atoms with Gasteiger partial charge in [-0.2, -0.15) is 0 Å². The fourth-order valence-corrected chi connectivity index (χ4v) is 7.17. The summed E-state index contributed by atoms with van der Waals surface area (Å²) < 4.78 is 2.43. The number of rotatable bonds is 7. The lowest BCUT2D eigenvalue weighted by atomic mass is 9.95. The average molecular weight is 643 g/mol. The van der Waals surface area contributed by atoms with Crippen molar-refractivity contribution in [2.75, 3.05) is 4.90 Å². The lowest BCUT2D eigenvalue weighted by molar-refractivity contribution is 1.04. The SMILES string of the molecule is C1=CC(c2cc(N(c3ccc(-c4ccccn4)cc3)c3ccc(-c4ccccn4)cc3)cc3c4ccccc4n(-c4ccccc4)c23)=CCC1. The van der Waals surface area contributed by atoms with Gasteiger partial charge in [0.25, 0.3) is 0 Å². The second-order valence-electron chi connectivity index (χ2n) is 12.6. The number of anilines is 3. The van der Waals surface area contributed by atoms with Crippen LogP contribution in [0, 0.1) is 0 Å². The summed E-state index contributed by atoms with van der Waals surface area (Å²) in [6.07, 6.45) is 12.8. The molecular formula is C46H34N4. The van der Waals surface area contributed by atoms with Crippen molar-refractivity contribution in [1.82, 2.24) is 14.5 Å². The van der Waals surface area contributed by atoms with E-state index >= 15 is 0 Å². The molecule has 3 heterocycles. The van der Waals surface area contributed by atoms with Crippen LogP contribution in [-0.4, -0.2) is 14.5 Å². The molecule has 4 nitrogen and oxygen atoms in total. The van der Waals surface area contributed by atoms with E-state index in [9.17, 15) is 0 Å². The van der Waals surface area contributed by atoms with Crippen LogP contribution >= 0.6 is 0 Å². The minimum Gasteiger partial charge on any atom is -0.310 e. The highest BCUT2D eigenvalue weighted by Crippen LogP contribution is 2.44. The normalized spacial score (nSPS) is 12.7. The molecular weight excluding hydrogens is 609 g/mol. The lowest BCUT2D eigenvalue weighted by Gasteiger charge is -2.27. The van der Waals surface area contributed by atoms with Gasteiger partial charge < -0.3 is 9.47 Å². The second kappa shape index (κ2) is 12.8. The zero-order valence-electron chi connectivity index (χ0n) is 27.5. The maximum Gasteiger partial charge on any atom is 0.0701 e. The Kier molecular flexibility index (Phi) is 7.60. The van der Waals surface area contributed by atoms with Crippen LogP contribution in [0.3, 0.4) is 0 Å². The number of para-hydroxylation sites is 2. The summed E-state index contributed by atoms with van der Waals surface area (Å²) in [5.41, 5.74) is 13.3. The molecule has 0 spiro atoms. The monoisotopic (exact) mass is 642 g/mol. The zero-order valence-corrected chi connectivity index (χ0v) is 27.5. The first-order chi connectivity index (χ1) is 24.8. The van der Waals surface area contributed by atoms with Gasteiger partial charge in [-0.25, -0.2) is 0 Å². The molecule has 8 aromatic rings. The van der Waals surface area contributed by atoms with Crippen molar-refractivity contribution in [3.05, 3.63) is 188 Å². The molecule has 0 saturated heterocycles. The van der Waals surface area contributed by atoms with Gasteiger partial charge in [0.05, 0.1) is 22.4 Å². The summed E-state index contributed by atoms with van der Waals surface area (Å²) in [6, 6.07) is 53.8. The summed E-state index contributed by atoms with van der Waals surface area (Å²) in [5, 5.41) is 2.45. The maximum absolute atomic E-state index is 4.60. The molecule has 0 saturated carbocycles. The van der Waals surface area contributed by atoms with Gasteiger partial charge in [0.1, 0.15) is 0 Å². The fourth-order valence-electron chi connectivity index (χ4n) is 7.17. The van der Waals surface area contributed by atoms with Crippen molar-refractivity contribution < 1.29 is 0 Å². The van der Waals surface area contributed by atoms with Gasteiger partial charge in [0, 0.05) is 62.6 Å². The predicted molar refractivity (Wildman–Crippen MR) is 208 cm³/mol. The third-order valence-electron chi connectivity index (χ3n) is 9.50. The molecule has 1 aliphatic carbocycles. The minimum atomic E-state index is 0.957. The van der Waals surface area contributed by atoms with Crippen LogP contribution in [0.2, 0.25) is 0 Å². The first-order valence-corrected chi connectivity index (χ1v) is 17.1. The smallest absolute Gasteiger partial charge is 0.0701 e. The standard InChI is InChI=1S/C46H34N4/c1-3-13-33(14-4-1)41-31-39(32-42-40-17-7-8-20-45(40)50(46(41)42)36-15-5-2-6-16-36)49(37-25-21-34(22-26-37)43-18-9-11-29-47-43)38-27-23-35(24-28-38)44-19-10-12-30-48-44/h2-3,5-32H,1,4H2. The topological polar surface area (TPSA) is 34.0 Å². The van der Waals surface area contributed by atoms with E-state index < -0.39 is 0 Å². The van der Waals surface area contributed by atoms with Crippen LogP contribution < -0.4 is 4.90 Å². The molecule has 0 unspecified atom stereocenters. The second-order valence-corrected chi connectivity index (χ2v) is 12.6. The molecule has 5 aromatic carbocycles. The zero-order chi connectivity index (χ0) is 33.3. The van der Waals surface area contributed by atoms with Crippen LogP contribution in [0.15, 0.2) is 182 Å². The number of nitrogens with zero attached hydrogens (tertiary/aromatic N) is 4. The van der Waals surface area contributed by atoms with Crippen LogP contribution in [0.5, 0.6) is 0 Å². The Morgan fingerprint density at radius 3 is 1.74 bits per heavy atom. The highest BCUT2D eigenvalue weighted by atomic mass is 15.1. The van der Waals surface area contributed by atoms with Crippen molar-refractivity contribution in [2.24, 2.45) is 0 Å². The third-order valence-corrected chi connectivity index (χ3v) is 9.50. The number of benzene rings is 5. The molecule has 0 atom stereocenters. The Balaban J connectivity index is 1.29. The van der Waals surface area contributed by atoms with Crippen molar-refractivity contribution >= 4 is 44.4 Å². The molecule has 1 aliphatic rings. The van der Waals surface area contributed by atoms with Crippen molar-refractivity contribution in [3.63, 3.8) is 0 Å². The van der Waals surface area contributed by atoms with Gasteiger partial charge in [-0.1, -0.05) is 91.0 Å². The van der Waals surface area contributed by atoms with Crippen molar-refractivity contribution in [1.29, 1.82) is 0 Å². The average Bonchev–Trinajstić information content (AvgIpc) is 3.54. The van der Waals surface area contributed by atoms with Crippen LogP contribution in [0.25, 0.3) is 55.6 Å². The number of fused-ring (bicyclic) bond motifs is 3. The maximum atomic E-state index is 4.60. The molecule has 3 aromatic heterocycles. The molecule has 0 bridgehead atoms. The number of pyridine rings is 2. The number of aromatic nitrogens is 3. The van der Waals surface area contributed by atoms with Gasteiger partial charge in [-0.15, -0.1) is 0 Å². The Labute approximate surface area is 292 Å². The fraction of sp³-hybridized carbons (Fsp3) is 0.0435. The Morgan fingerprint density at radius 2 is 1.14 bits per heavy atom. The van der Waals surface area contributed by atoms with Crippen LogP contribution in [0.4, 0.5) is 17.1 Å². The Morgan fingerprint density at radius 1 is 0.520 bits per heavy atom.